The maximum Gasteiger partial charge on any atom is 0.270 e. The van der Waals surface area contributed by atoms with Crippen LogP contribution in [0, 0.1) is 0 Å². The van der Waals surface area contributed by atoms with Gasteiger partial charge in [0.15, 0.2) is 0 Å². The number of carbonyl (C=O) groups is 1. The monoisotopic (exact) mass is 236 g/mol. The van der Waals surface area contributed by atoms with E-state index in [0.29, 0.717) is 6.54 Å². The molecule has 0 atom stereocenters. The molecule has 1 amide bonds. The average molecular weight is 236 g/mol. The van der Waals surface area contributed by atoms with Crippen LogP contribution in [0.2, 0.25) is 0 Å². The number of nitrogens with one attached hydrogen (secondary N) is 1. The first kappa shape index (κ1) is 11.9. The Bertz CT molecular complexity index is 451. The van der Waals surface area contributed by atoms with E-state index in [9.17, 15) is 9.59 Å². The maximum absolute atomic E-state index is 12.2. The smallest absolute Gasteiger partial charge is 0.270 e. The van der Waals surface area contributed by atoms with Gasteiger partial charge in [-0.05, 0) is 25.3 Å². The fourth-order valence-electron chi connectivity index (χ4n) is 1.98. The van der Waals surface area contributed by atoms with E-state index in [4.69, 9.17) is 5.11 Å². The van der Waals surface area contributed by atoms with Crippen molar-refractivity contribution in [3.8, 4) is 0 Å². The summed E-state index contributed by atoms with van der Waals surface area (Å²) in [5.41, 5.74) is 0.00579. The number of rotatable bonds is 4. The summed E-state index contributed by atoms with van der Waals surface area (Å²) in [6.45, 7) is 0.264. The average Bonchev–Trinajstić information content (AvgIpc) is 2.25. The molecule has 0 radical (unpaired) electrons. The molecule has 2 rings (SSSR count). The lowest BCUT2D eigenvalue weighted by molar-refractivity contribution is 0.0519. The number of hydrogen-bond acceptors (Lipinski definition) is 3. The van der Waals surface area contributed by atoms with Crippen molar-refractivity contribution < 1.29 is 9.90 Å². The van der Waals surface area contributed by atoms with Crippen LogP contribution in [-0.2, 0) is 0 Å². The molecule has 0 bridgehead atoms. The van der Waals surface area contributed by atoms with Crippen molar-refractivity contribution in [1.82, 2.24) is 9.88 Å². The number of H-pyrrole nitrogens is 1. The first-order chi connectivity index (χ1) is 8.22. The van der Waals surface area contributed by atoms with Gasteiger partial charge in [0.25, 0.3) is 5.91 Å². The van der Waals surface area contributed by atoms with Crippen molar-refractivity contribution in [1.29, 1.82) is 0 Å². The largest absolute Gasteiger partial charge is 0.395 e. The minimum Gasteiger partial charge on any atom is -0.395 e. The fraction of sp³-hybridized carbons (Fsp3) is 0.500. The van der Waals surface area contributed by atoms with Crippen molar-refractivity contribution in [3.63, 3.8) is 0 Å². The first-order valence-corrected chi connectivity index (χ1v) is 5.83. The summed E-state index contributed by atoms with van der Waals surface area (Å²) in [4.78, 5) is 27.5. The van der Waals surface area contributed by atoms with E-state index in [1.165, 1.54) is 6.07 Å². The number of aliphatic hydroxyl groups excluding tert-OH is 1. The molecule has 2 N–H and O–H groups in total. The molecule has 1 aromatic rings. The van der Waals surface area contributed by atoms with E-state index < -0.39 is 0 Å². The zero-order chi connectivity index (χ0) is 12.3. The van der Waals surface area contributed by atoms with Crippen LogP contribution in [0.3, 0.4) is 0 Å². The Balaban J connectivity index is 2.18. The molecule has 1 fully saturated rings. The van der Waals surface area contributed by atoms with Crippen LogP contribution in [0.25, 0.3) is 0 Å². The number of aromatic amines is 1. The molecular weight excluding hydrogens is 220 g/mol. The lowest BCUT2D eigenvalue weighted by Crippen LogP contribution is -2.46. The molecule has 0 unspecified atom stereocenters. The Hall–Kier alpha value is -1.62. The third kappa shape index (κ3) is 2.55. The van der Waals surface area contributed by atoms with Gasteiger partial charge in [0, 0.05) is 18.7 Å². The molecular formula is C12H16N2O3. The van der Waals surface area contributed by atoms with Crippen LogP contribution >= 0.6 is 0 Å². The van der Waals surface area contributed by atoms with Crippen LogP contribution in [0.15, 0.2) is 23.0 Å². The molecule has 1 aliphatic rings. The van der Waals surface area contributed by atoms with Gasteiger partial charge in [-0.15, -0.1) is 0 Å². The van der Waals surface area contributed by atoms with E-state index in [1.54, 1.807) is 17.0 Å². The number of hydrogen-bond donors (Lipinski definition) is 2. The number of aliphatic hydroxyl groups is 1. The minimum atomic E-state index is -0.284. The summed E-state index contributed by atoms with van der Waals surface area (Å²) in [6, 6.07) is 4.73. The van der Waals surface area contributed by atoms with E-state index >= 15 is 0 Å². The van der Waals surface area contributed by atoms with E-state index in [1.807, 2.05) is 0 Å². The molecule has 92 valence electrons. The highest BCUT2D eigenvalue weighted by atomic mass is 16.3. The van der Waals surface area contributed by atoms with Gasteiger partial charge < -0.3 is 15.0 Å². The highest BCUT2D eigenvalue weighted by Crippen LogP contribution is 2.25. The zero-order valence-electron chi connectivity index (χ0n) is 9.56. The third-order valence-corrected chi connectivity index (χ3v) is 3.12. The van der Waals surface area contributed by atoms with E-state index in [-0.39, 0.29) is 29.8 Å². The molecule has 17 heavy (non-hydrogen) atoms. The molecule has 1 aromatic heterocycles. The van der Waals surface area contributed by atoms with Gasteiger partial charge in [0.1, 0.15) is 5.69 Å². The summed E-state index contributed by atoms with van der Waals surface area (Å²) in [5.74, 6) is -0.207. The van der Waals surface area contributed by atoms with Crippen molar-refractivity contribution >= 4 is 5.91 Å². The fourth-order valence-corrected chi connectivity index (χ4v) is 1.98. The molecule has 1 heterocycles. The molecule has 0 aromatic carbocycles. The Morgan fingerprint density at radius 2 is 2.24 bits per heavy atom. The minimum absolute atomic E-state index is 0.0562. The van der Waals surface area contributed by atoms with E-state index in [0.717, 1.165) is 19.3 Å². The second-order valence-electron chi connectivity index (χ2n) is 4.24. The summed E-state index contributed by atoms with van der Waals surface area (Å²) >= 11 is 0. The SMILES string of the molecule is O=C(c1cccc(=O)[nH]1)N(CCO)C1CCC1. The van der Waals surface area contributed by atoms with Crippen molar-refractivity contribution in [2.45, 2.75) is 25.3 Å². The van der Waals surface area contributed by atoms with Gasteiger partial charge in [-0.1, -0.05) is 6.07 Å². The van der Waals surface area contributed by atoms with Gasteiger partial charge in [0.2, 0.25) is 5.56 Å². The normalized spacial score (nSPS) is 15.4. The first-order valence-electron chi connectivity index (χ1n) is 5.83. The molecule has 0 aliphatic heterocycles. The lowest BCUT2D eigenvalue weighted by Gasteiger charge is -2.37. The number of aromatic nitrogens is 1. The van der Waals surface area contributed by atoms with Gasteiger partial charge in [-0.25, -0.2) is 0 Å². The second kappa shape index (κ2) is 5.14. The number of carbonyl (C=O) groups excluding carboxylic acids is 1. The predicted octanol–water partition coefficient (Wildman–Crippen LogP) is 0.362. The molecule has 1 saturated carbocycles. The predicted molar refractivity (Wildman–Crippen MR) is 62.8 cm³/mol. The molecule has 0 spiro atoms. The van der Waals surface area contributed by atoms with Crippen LogP contribution in [0.4, 0.5) is 0 Å². The molecule has 5 heteroatoms. The Morgan fingerprint density at radius 1 is 1.47 bits per heavy atom. The maximum atomic E-state index is 12.2. The summed E-state index contributed by atoms with van der Waals surface area (Å²) in [7, 11) is 0. The van der Waals surface area contributed by atoms with Gasteiger partial charge in [-0.2, -0.15) is 0 Å². The molecule has 5 nitrogen and oxygen atoms in total. The highest BCUT2D eigenvalue weighted by Gasteiger charge is 2.29. The number of pyridine rings is 1. The molecule has 1 aliphatic carbocycles. The molecule has 0 saturated heterocycles. The number of nitrogens with zero attached hydrogens (tertiary/aromatic N) is 1. The standard InChI is InChI=1S/C12H16N2O3/c15-8-7-14(9-3-1-4-9)12(17)10-5-2-6-11(16)13-10/h2,5-6,9,15H,1,3-4,7-8H2,(H,13,16). The van der Waals surface area contributed by atoms with Crippen LogP contribution in [0.5, 0.6) is 0 Å². The van der Waals surface area contributed by atoms with E-state index in [2.05, 4.69) is 4.98 Å². The third-order valence-electron chi connectivity index (χ3n) is 3.12. The summed E-state index contributed by atoms with van der Waals surface area (Å²) in [6.07, 6.45) is 3.07. The summed E-state index contributed by atoms with van der Waals surface area (Å²) in [5, 5.41) is 8.99. The van der Waals surface area contributed by atoms with Crippen molar-refractivity contribution in [2.75, 3.05) is 13.2 Å². The Labute approximate surface area is 99.1 Å². The Morgan fingerprint density at radius 3 is 2.76 bits per heavy atom. The lowest BCUT2D eigenvalue weighted by atomic mass is 9.91. The van der Waals surface area contributed by atoms with Crippen LogP contribution in [-0.4, -0.2) is 40.1 Å². The zero-order valence-corrected chi connectivity index (χ0v) is 9.56. The van der Waals surface area contributed by atoms with Crippen molar-refractivity contribution in [2.24, 2.45) is 0 Å². The van der Waals surface area contributed by atoms with Gasteiger partial charge >= 0.3 is 0 Å². The van der Waals surface area contributed by atoms with Crippen LogP contribution in [0.1, 0.15) is 29.8 Å². The topological polar surface area (TPSA) is 73.4 Å². The van der Waals surface area contributed by atoms with Gasteiger partial charge in [0.05, 0.1) is 6.61 Å². The van der Waals surface area contributed by atoms with Gasteiger partial charge in [-0.3, -0.25) is 9.59 Å². The quantitative estimate of drug-likeness (QED) is 0.792. The number of amides is 1. The highest BCUT2D eigenvalue weighted by molar-refractivity contribution is 5.92. The Kier molecular flexibility index (Phi) is 3.58. The second-order valence-corrected chi connectivity index (χ2v) is 4.24. The van der Waals surface area contributed by atoms with Crippen molar-refractivity contribution in [3.05, 3.63) is 34.2 Å². The summed E-state index contributed by atoms with van der Waals surface area (Å²) < 4.78 is 0. The van der Waals surface area contributed by atoms with Crippen LogP contribution < -0.4 is 5.56 Å².